The number of allylic oxidation sites excluding steroid dienone is 1. The molecule has 11 atom stereocenters. The average Bonchev–Trinajstić information content (AvgIpc) is 3.94. The number of carboxylic acid groups (broad SMARTS) is 1. The molecule has 458 valence electrons. The molecule has 0 bridgehead atoms. The fourth-order valence-corrected chi connectivity index (χ4v) is 10.4. The zero-order valence-electron chi connectivity index (χ0n) is 50.7. The quantitative estimate of drug-likeness (QED) is 0.0291. The van der Waals surface area contributed by atoms with E-state index in [1.54, 1.807) is 87.0 Å². The molecule has 1 aliphatic rings. The molecule has 6 N–H and O–H groups in total. The maximum atomic E-state index is 14.7. The number of benzene rings is 2. The molecule has 2 aromatic rings. The van der Waals surface area contributed by atoms with Crippen LogP contribution in [0.4, 0.5) is 15.3 Å². The molecule has 0 spiro atoms. The van der Waals surface area contributed by atoms with Crippen LogP contribution in [0.2, 0.25) is 0 Å². The molecule has 1 saturated heterocycles. The minimum Gasteiger partial charge on any atom is -0.480 e. The van der Waals surface area contributed by atoms with Crippen LogP contribution in [0.5, 0.6) is 0 Å². The molecule has 0 aliphatic carbocycles. The van der Waals surface area contributed by atoms with Gasteiger partial charge >= 0.3 is 18.2 Å². The van der Waals surface area contributed by atoms with Gasteiger partial charge in [0.05, 0.1) is 48.8 Å². The van der Waals surface area contributed by atoms with Crippen molar-refractivity contribution < 1.29 is 67.5 Å². The highest BCUT2D eigenvalue weighted by Crippen LogP contribution is 2.30. The van der Waals surface area contributed by atoms with Gasteiger partial charge in [0, 0.05) is 47.0 Å². The second-order valence-corrected chi connectivity index (χ2v) is 22.2. The molecule has 0 saturated carbocycles. The zero-order valence-corrected chi connectivity index (χ0v) is 50.7. The molecule has 1 heterocycles. The number of hydrogen-bond acceptors (Lipinski definition) is 13. The van der Waals surface area contributed by atoms with E-state index in [0.29, 0.717) is 55.5 Å². The van der Waals surface area contributed by atoms with Gasteiger partial charge in [0.25, 0.3) is 0 Å². The van der Waals surface area contributed by atoms with Crippen molar-refractivity contribution in [3.63, 3.8) is 0 Å². The first-order chi connectivity index (χ1) is 38.9. The highest BCUT2D eigenvalue weighted by atomic mass is 16.6. The first-order valence-electron chi connectivity index (χ1n) is 29.0. The highest BCUT2D eigenvalue weighted by molar-refractivity contribution is 5.92. The Hall–Kier alpha value is -6.58. The van der Waals surface area contributed by atoms with Crippen LogP contribution in [-0.2, 0) is 54.3 Å². The van der Waals surface area contributed by atoms with E-state index in [2.05, 4.69) is 28.2 Å². The molecule has 0 unspecified atom stereocenters. The van der Waals surface area contributed by atoms with Crippen LogP contribution in [-0.4, -0.2) is 163 Å². The molecule has 0 aromatic heterocycles. The van der Waals surface area contributed by atoms with Crippen molar-refractivity contribution in [2.24, 2.45) is 23.7 Å². The number of nitrogens with zero attached hydrogens (tertiary/aromatic N) is 3. The lowest BCUT2D eigenvalue weighted by Gasteiger charge is -2.41. The second kappa shape index (κ2) is 35.4. The Bertz CT molecular complexity index is 2370. The van der Waals surface area contributed by atoms with Gasteiger partial charge in [-0.25, -0.2) is 9.59 Å². The Morgan fingerprint density at radius 1 is 0.829 bits per heavy atom. The van der Waals surface area contributed by atoms with Crippen LogP contribution in [0.1, 0.15) is 144 Å². The first kappa shape index (κ1) is 69.7. The number of aliphatic hydroxyl groups is 1. The summed E-state index contributed by atoms with van der Waals surface area (Å²) in [5.41, 5.74) is 1.67. The number of aliphatic hydroxyl groups excluding tert-OH is 1. The summed E-state index contributed by atoms with van der Waals surface area (Å²) in [6.07, 6.45) is 4.62. The predicted octanol–water partition coefficient (Wildman–Crippen LogP) is 7.61. The summed E-state index contributed by atoms with van der Waals surface area (Å²) in [7, 11) is 6.14. The first-order valence-corrected chi connectivity index (χ1v) is 29.0. The monoisotopic (exact) mass is 1150 g/mol. The lowest BCUT2D eigenvalue weighted by atomic mass is 9.89. The topological polar surface area (TPSA) is 272 Å². The SMILES string of the molecule is CCCC/C=C/[C@@H](CCCC(=O)NCC(=O)O)OC(=O)Nc1ccc(COC(=O)N(C)[C@H](C(=O)N[C@H](C(=O)N(C)[C@@H]([C@@H](C)CC)[C@@H](CC(=O)N2CCC[C@H]2[C@H](OC)[C@@H](C)C(=O)N[C@H](C)[C@@H](O)c2ccccc2)OC)C(C)C)C(C)C)cc1. The summed E-state index contributed by atoms with van der Waals surface area (Å²) in [5.74, 6) is -4.67. The van der Waals surface area contributed by atoms with Crippen LogP contribution in [0.15, 0.2) is 66.7 Å². The molecule has 1 fully saturated rings. The van der Waals surface area contributed by atoms with Crippen LogP contribution < -0.4 is 21.3 Å². The van der Waals surface area contributed by atoms with E-state index < -0.39 is 115 Å². The minimum atomic E-state index is -1.14. The lowest BCUT2D eigenvalue weighted by Crippen LogP contribution is -2.60. The minimum absolute atomic E-state index is 0.0693. The van der Waals surface area contributed by atoms with Gasteiger partial charge in [-0.05, 0) is 86.1 Å². The number of carbonyl (C=O) groups excluding carboxylic acids is 7. The van der Waals surface area contributed by atoms with E-state index in [1.807, 2.05) is 52.0 Å². The van der Waals surface area contributed by atoms with E-state index in [4.69, 9.17) is 24.1 Å². The van der Waals surface area contributed by atoms with Crippen molar-refractivity contribution >= 4 is 53.4 Å². The third-order valence-corrected chi connectivity index (χ3v) is 15.3. The van der Waals surface area contributed by atoms with Crippen molar-refractivity contribution in [2.75, 3.05) is 46.7 Å². The number of anilines is 1. The number of nitrogens with one attached hydrogen (secondary N) is 4. The molecular weight excluding hydrogens is 1050 g/mol. The van der Waals surface area contributed by atoms with Crippen LogP contribution in [0.25, 0.3) is 0 Å². The highest BCUT2D eigenvalue weighted by Gasteiger charge is 2.44. The van der Waals surface area contributed by atoms with Gasteiger partial charge in [-0.3, -0.25) is 39.0 Å². The summed E-state index contributed by atoms with van der Waals surface area (Å²) in [4.78, 5) is 111. The van der Waals surface area contributed by atoms with Crippen LogP contribution in [0.3, 0.4) is 0 Å². The number of likely N-dealkylation sites (N-methyl/N-ethyl adjacent to an activating group) is 2. The molecule has 0 radical (unpaired) electrons. The Morgan fingerprint density at radius 2 is 1.50 bits per heavy atom. The number of ether oxygens (including phenoxy) is 4. The summed E-state index contributed by atoms with van der Waals surface area (Å²) < 4.78 is 23.3. The summed E-state index contributed by atoms with van der Waals surface area (Å²) in [5, 5.41) is 30.6. The number of likely N-dealkylation sites (tertiary alicyclic amines) is 1. The van der Waals surface area contributed by atoms with Crippen molar-refractivity contribution in [3.8, 4) is 0 Å². The van der Waals surface area contributed by atoms with Gasteiger partial charge in [0.1, 0.15) is 31.3 Å². The third-order valence-electron chi connectivity index (χ3n) is 15.3. The number of unbranched alkanes of at least 4 members (excludes halogenated alkanes) is 2. The van der Waals surface area contributed by atoms with Crippen molar-refractivity contribution in [1.82, 2.24) is 30.7 Å². The molecule has 21 nitrogen and oxygen atoms in total. The molecule has 7 amide bonds. The second-order valence-electron chi connectivity index (χ2n) is 22.2. The fourth-order valence-electron chi connectivity index (χ4n) is 10.4. The van der Waals surface area contributed by atoms with Crippen LogP contribution >= 0.6 is 0 Å². The summed E-state index contributed by atoms with van der Waals surface area (Å²) in [6.45, 7) is 16.5. The number of carbonyl (C=O) groups is 8. The maximum absolute atomic E-state index is 14.7. The van der Waals surface area contributed by atoms with Crippen molar-refractivity contribution in [2.45, 2.75) is 188 Å². The lowest BCUT2D eigenvalue weighted by molar-refractivity contribution is -0.148. The Kier molecular flexibility index (Phi) is 30.1. The van der Waals surface area contributed by atoms with Gasteiger partial charge < -0.3 is 54.9 Å². The number of aliphatic carboxylic acids is 1. The number of rotatable bonds is 34. The summed E-state index contributed by atoms with van der Waals surface area (Å²) in [6, 6.07) is 12.0. The van der Waals surface area contributed by atoms with Gasteiger partial charge in [-0.1, -0.05) is 123 Å². The third kappa shape index (κ3) is 21.6. The number of carboxylic acids is 1. The van der Waals surface area contributed by atoms with E-state index in [9.17, 15) is 43.5 Å². The van der Waals surface area contributed by atoms with E-state index in [1.165, 1.54) is 26.2 Å². The molecular formula is C61H95N7O14. The van der Waals surface area contributed by atoms with Crippen molar-refractivity contribution in [1.29, 1.82) is 0 Å². The van der Waals surface area contributed by atoms with Gasteiger partial charge in [0.2, 0.25) is 29.5 Å². The smallest absolute Gasteiger partial charge is 0.412 e. The average molecular weight is 1150 g/mol. The zero-order chi connectivity index (χ0) is 61.2. The van der Waals surface area contributed by atoms with Gasteiger partial charge in [-0.15, -0.1) is 0 Å². The standard InChI is InChI=1S/C61H95N7O14/c1-14-16-17-21-26-46(27-22-29-49(69)62-36-51(71)72)82-60(77)64-45-32-30-43(31-33-45)37-81-61(78)67(11)53(39(5)6)58(75)65-52(38(3)4)59(76)66(10)54(40(7)15-2)48(79-12)35-50(70)68-34-23-28-47(68)56(80-13)41(8)57(74)63-42(9)55(73)44-24-19-18-20-25-44/h18-21,24-26,30-33,38-42,46-48,52-56,73H,14-17,22-23,27-29,34-37H2,1-13H3,(H,62,69)(H,63,74)(H,64,77)(H,65,75)(H,71,72)/b26-21+/t40-,41+,42+,46-,47-,48+,52-,53-,54-,55+,56+/m0/s1. The Balaban J connectivity index is 1.66. The van der Waals surface area contributed by atoms with E-state index in [0.717, 1.165) is 19.3 Å². The van der Waals surface area contributed by atoms with Gasteiger partial charge in [0.15, 0.2) is 0 Å². The molecule has 1 aliphatic heterocycles. The number of hydrogen-bond donors (Lipinski definition) is 6. The van der Waals surface area contributed by atoms with Crippen LogP contribution in [0, 0.1) is 23.7 Å². The molecule has 82 heavy (non-hydrogen) atoms. The van der Waals surface area contributed by atoms with Crippen molar-refractivity contribution in [3.05, 3.63) is 77.9 Å². The number of amides is 7. The van der Waals surface area contributed by atoms with Gasteiger partial charge in [-0.2, -0.15) is 0 Å². The maximum Gasteiger partial charge on any atom is 0.412 e. The molecule has 3 rings (SSSR count). The van der Waals surface area contributed by atoms with E-state index >= 15 is 0 Å². The molecule has 21 heteroatoms. The summed E-state index contributed by atoms with van der Waals surface area (Å²) >= 11 is 0. The Labute approximate surface area is 485 Å². The Morgan fingerprint density at radius 3 is 2.09 bits per heavy atom. The largest absolute Gasteiger partial charge is 0.480 e. The number of methoxy groups -OCH3 is 2. The molecule has 2 aromatic carbocycles. The fraction of sp³-hybridized carbons (Fsp3) is 0.639. The normalized spacial score (nSPS) is 17.1. The van der Waals surface area contributed by atoms with E-state index in [-0.39, 0.29) is 37.2 Å². The predicted molar refractivity (Wildman–Crippen MR) is 312 cm³/mol.